The predicted octanol–water partition coefficient (Wildman–Crippen LogP) is 2.64. The highest BCUT2D eigenvalue weighted by Crippen LogP contribution is 2.33. The zero-order valence-electron chi connectivity index (χ0n) is 9.03. The largest absolute Gasteiger partial charge is 0.349 e. The average Bonchev–Trinajstić information content (AvgIpc) is 3.00. The Kier molecular flexibility index (Phi) is 3.19. The van der Waals surface area contributed by atoms with E-state index in [4.69, 9.17) is 0 Å². The molecule has 1 saturated carbocycles. The molecule has 2 unspecified atom stereocenters. The van der Waals surface area contributed by atoms with Crippen LogP contribution in [0.1, 0.15) is 30.1 Å². The van der Waals surface area contributed by atoms with Crippen molar-refractivity contribution < 1.29 is 9.18 Å². The minimum absolute atomic E-state index is 0.0780. The van der Waals surface area contributed by atoms with Crippen molar-refractivity contribution in [1.29, 1.82) is 0 Å². The number of halogens is 1. The normalized spacial score (nSPS) is 22.9. The van der Waals surface area contributed by atoms with Gasteiger partial charge in [-0.05, 0) is 30.5 Å². The van der Waals surface area contributed by atoms with Crippen molar-refractivity contribution >= 4 is 18.5 Å². The molecule has 1 aromatic carbocycles. The Bertz CT molecular complexity index is 421. The maximum Gasteiger partial charge on any atom is 0.254 e. The SMILES string of the molecule is CCC1CC1NC(=O)c1cc(S)ccc1F. The van der Waals surface area contributed by atoms with E-state index in [2.05, 4.69) is 24.9 Å². The van der Waals surface area contributed by atoms with Gasteiger partial charge >= 0.3 is 0 Å². The summed E-state index contributed by atoms with van der Waals surface area (Å²) in [4.78, 5) is 12.3. The fourth-order valence-electron chi connectivity index (χ4n) is 1.81. The monoisotopic (exact) mass is 239 g/mol. The van der Waals surface area contributed by atoms with E-state index in [0.29, 0.717) is 10.8 Å². The molecule has 0 saturated heterocycles. The summed E-state index contributed by atoms with van der Waals surface area (Å²) in [5, 5.41) is 2.83. The number of carbonyl (C=O) groups is 1. The standard InChI is InChI=1S/C12H14FNOS/c1-2-7-5-11(7)14-12(15)9-6-8(16)3-4-10(9)13/h3-4,6-7,11,16H,2,5H2,1H3,(H,14,15). The first-order chi connectivity index (χ1) is 7.61. The Hall–Kier alpha value is -1.03. The number of hydrogen-bond donors (Lipinski definition) is 2. The van der Waals surface area contributed by atoms with Crippen LogP contribution in [0.15, 0.2) is 23.1 Å². The predicted molar refractivity (Wildman–Crippen MR) is 63.3 cm³/mol. The molecule has 1 N–H and O–H groups in total. The van der Waals surface area contributed by atoms with E-state index in [0.717, 1.165) is 12.8 Å². The summed E-state index contributed by atoms with van der Waals surface area (Å²) < 4.78 is 13.4. The van der Waals surface area contributed by atoms with Crippen LogP contribution in [0, 0.1) is 11.7 Å². The van der Waals surface area contributed by atoms with Crippen molar-refractivity contribution in [2.75, 3.05) is 0 Å². The van der Waals surface area contributed by atoms with Gasteiger partial charge in [0.05, 0.1) is 5.56 Å². The maximum absolute atomic E-state index is 13.4. The number of amides is 1. The van der Waals surface area contributed by atoms with Gasteiger partial charge < -0.3 is 5.32 Å². The molecule has 16 heavy (non-hydrogen) atoms. The van der Waals surface area contributed by atoms with Crippen LogP contribution in [0.25, 0.3) is 0 Å². The lowest BCUT2D eigenvalue weighted by atomic mass is 10.2. The lowest BCUT2D eigenvalue weighted by molar-refractivity contribution is 0.0944. The molecule has 1 aliphatic rings. The number of carbonyl (C=O) groups excluding carboxylic acids is 1. The summed E-state index contributed by atoms with van der Waals surface area (Å²) in [5.41, 5.74) is 0.0780. The van der Waals surface area contributed by atoms with Gasteiger partial charge in [0.2, 0.25) is 0 Å². The molecule has 1 aliphatic carbocycles. The molecule has 2 nitrogen and oxygen atoms in total. The van der Waals surface area contributed by atoms with E-state index >= 15 is 0 Å². The summed E-state index contributed by atoms with van der Waals surface area (Å²) >= 11 is 4.09. The Morgan fingerprint density at radius 2 is 2.38 bits per heavy atom. The molecule has 2 atom stereocenters. The molecule has 0 heterocycles. The Balaban J connectivity index is 2.06. The van der Waals surface area contributed by atoms with Crippen LogP contribution in [-0.4, -0.2) is 11.9 Å². The van der Waals surface area contributed by atoms with Crippen LogP contribution in [0.5, 0.6) is 0 Å². The summed E-state index contributed by atoms with van der Waals surface area (Å²) in [6.45, 7) is 2.09. The number of hydrogen-bond acceptors (Lipinski definition) is 2. The lowest BCUT2D eigenvalue weighted by Gasteiger charge is -2.05. The fourth-order valence-corrected chi connectivity index (χ4v) is 2.01. The highest BCUT2D eigenvalue weighted by atomic mass is 32.1. The van der Waals surface area contributed by atoms with Gasteiger partial charge in [-0.1, -0.05) is 13.3 Å². The third-order valence-corrected chi connectivity index (χ3v) is 3.24. The molecular formula is C12H14FNOS. The first kappa shape index (κ1) is 11.5. The van der Waals surface area contributed by atoms with Crippen molar-refractivity contribution in [3.8, 4) is 0 Å². The van der Waals surface area contributed by atoms with Crippen molar-refractivity contribution in [3.05, 3.63) is 29.6 Å². The van der Waals surface area contributed by atoms with Gasteiger partial charge in [0.25, 0.3) is 5.91 Å². The molecule has 2 rings (SSSR count). The van der Waals surface area contributed by atoms with Crippen molar-refractivity contribution in [3.63, 3.8) is 0 Å². The molecule has 0 aliphatic heterocycles. The van der Waals surface area contributed by atoms with Gasteiger partial charge in [0, 0.05) is 10.9 Å². The Morgan fingerprint density at radius 1 is 1.62 bits per heavy atom. The second-order valence-electron chi connectivity index (χ2n) is 4.15. The van der Waals surface area contributed by atoms with E-state index in [1.165, 1.54) is 18.2 Å². The summed E-state index contributed by atoms with van der Waals surface area (Å²) in [7, 11) is 0. The molecule has 1 aromatic rings. The second kappa shape index (κ2) is 4.45. The van der Waals surface area contributed by atoms with E-state index < -0.39 is 5.82 Å². The van der Waals surface area contributed by atoms with Crippen LogP contribution in [-0.2, 0) is 0 Å². The van der Waals surface area contributed by atoms with Crippen molar-refractivity contribution in [1.82, 2.24) is 5.32 Å². The van der Waals surface area contributed by atoms with Crippen LogP contribution in [0.4, 0.5) is 4.39 Å². The van der Waals surface area contributed by atoms with E-state index in [9.17, 15) is 9.18 Å². The van der Waals surface area contributed by atoms with Crippen LogP contribution in [0.2, 0.25) is 0 Å². The second-order valence-corrected chi connectivity index (χ2v) is 4.66. The number of thiol groups is 1. The molecule has 0 bridgehead atoms. The Labute approximate surface area is 99.6 Å². The van der Waals surface area contributed by atoms with E-state index in [1.807, 2.05) is 0 Å². The molecular weight excluding hydrogens is 225 g/mol. The number of nitrogens with one attached hydrogen (secondary N) is 1. The summed E-state index contributed by atoms with van der Waals surface area (Å²) in [6.07, 6.45) is 2.06. The molecule has 86 valence electrons. The summed E-state index contributed by atoms with van der Waals surface area (Å²) in [5.74, 6) is -0.274. The minimum atomic E-state index is -0.496. The minimum Gasteiger partial charge on any atom is -0.349 e. The zero-order chi connectivity index (χ0) is 11.7. The first-order valence-corrected chi connectivity index (χ1v) is 5.86. The number of benzene rings is 1. The number of rotatable bonds is 3. The molecule has 4 heteroatoms. The average molecular weight is 239 g/mol. The zero-order valence-corrected chi connectivity index (χ0v) is 9.93. The van der Waals surface area contributed by atoms with Gasteiger partial charge in [-0.15, -0.1) is 12.6 Å². The highest BCUT2D eigenvalue weighted by molar-refractivity contribution is 7.80. The lowest BCUT2D eigenvalue weighted by Crippen LogP contribution is -2.27. The smallest absolute Gasteiger partial charge is 0.254 e. The van der Waals surface area contributed by atoms with Crippen LogP contribution in [0.3, 0.4) is 0 Å². The third kappa shape index (κ3) is 2.38. The quantitative estimate of drug-likeness (QED) is 0.780. The van der Waals surface area contributed by atoms with E-state index in [1.54, 1.807) is 0 Å². The van der Waals surface area contributed by atoms with Crippen molar-refractivity contribution in [2.24, 2.45) is 5.92 Å². The first-order valence-electron chi connectivity index (χ1n) is 5.41. The molecule has 1 amide bonds. The molecule has 0 radical (unpaired) electrons. The van der Waals surface area contributed by atoms with Gasteiger partial charge in [-0.25, -0.2) is 4.39 Å². The molecule has 0 spiro atoms. The maximum atomic E-state index is 13.4. The molecule has 1 fully saturated rings. The summed E-state index contributed by atoms with van der Waals surface area (Å²) in [6, 6.07) is 4.47. The van der Waals surface area contributed by atoms with Crippen LogP contribution < -0.4 is 5.32 Å². The Morgan fingerprint density at radius 3 is 3.00 bits per heavy atom. The fraction of sp³-hybridized carbons (Fsp3) is 0.417. The van der Waals surface area contributed by atoms with Crippen molar-refractivity contribution in [2.45, 2.75) is 30.7 Å². The van der Waals surface area contributed by atoms with Gasteiger partial charge in [0.1, 0.15) is 5.82 Å². The van der Waals surface area contributed by atoms with Crippen LogP contribution >= 0.6 is 12.6 Å². The van der Waals surface area contributed by atoms with Gasteiger partial charge in [0.15, 0.2) is 0 Å². The topological polar surface area (TPSA) is 29.1 Å². The van der Waals surface area contributed by atoms with Gasteiger partial charge in [-0.2, -0.15) is 0 Å². The molecule has 0 aromatic heterocycles. The highest BCUT2D eigenvalue weighted by Gasteiger charge is 2.36. The van der Waals surface area contributed by atoms with Gasteiger partial charge in [-0.3, -0.25) is 4.79 Å². The van der Waals surface area contributed by atoms with E-state index in [-0.39, 0.29) is 17.5 Å². The third-order valence-electron chi connectivity index (χ3n) is 2.96.